The van der Waals surface area contributed by atoms with E-state index >= 15 is 0 Å². The number of anilines is 1. The number of quaternary nitrogens is 1. The van der Waals surface area contributed by atoms with E-state index < -0.39 is 0 Å². The standard InChI is InChI=1S/C17H22N2O3/c1-2-22-14-9-7-13(8-10-14)19-16(20)11-15(17(19)21)18-12-5-3-4-6-12/h7-10,12,15,18H,2-6,11H2,1H3/p+1/t15-/m0/s1. The molecule has 22 heavy (non-hydrogen) atoms. The first kappa shape index (κ1) is 15.0. The molecule has 1 saturated heterocycles. The monoisotopic (exact) mass is 303 g/mol. The number of nitrogens with zero attached hydrogens (tertiary/aromatic N) is 1. The highest BCUT2D eigenvalue weighted by Crippen LogP contribution is 2.25. The van der Waals surface area contributed by atoms with Gasteiger partial charge in [0.05, 0.1) is 24.8 Å². The number of imide groups is 1. The molecule has 1 heterocycles. The average molecular weight is 303 g/mol. The fraction of sp³-hybridized carbons (Fsp3) is 0.529. The zero-order chi connectivity index (χ0) is 15.5. The molecule has 1 aliphatic heterocycles. The van der Waals surface area contributed by atoms with Crippen LogP contribution in [0.4, 0.5) is 5.69 Å². The molecule has 0 spiro atoms. The second kappa shape index (κ2) is 6.48. The van der Waals surface area contributed by atoms with Crippen LogP contribution >= 0.6 is 0 Å². The smallest absolute Gasteiger partial charge is 0.292 e. The second-order valence-corrected chi connectivity index (χ2v) is 6.04. The molecule has 1 atom stereocenters. The van der Waals surface area contributed by atoms with Gasteiger partial charge in [-0.1, -0.05) is 0 Å². The van der Waals surface area contributed by atoms with E-state index in [1.165, 1.54) is 17.7 Å². The summed E-state index contributed by atoms with van der Waals surface area (Å²) in [6.45, 7) is 2.52. The molecule has 1 saturated carbocycles. The lowest BCUT2D eigenvalue weighted by molar-refractivity contribution is -0.706. The molecule has 1 aliphatic carbocycles. The molecule has 0 radical (unpaired) electrons. The van der Waals surface area contributed by atoms with Gasteiger partial charge in [0.1, 0.15) is 5.75 Å². The van der Waals surface area contributed by atoms with E-state index in [0.29, 0.717) is 24.8 Å². The Morgan fingerprint density at radius 3 is 2.50 bits per heavy atom. The van der Waals surface area contributed by atoms with Crippen LogP contribution in [0.25, 0.3) is 0 Å². The first-order valence-corrected chi connectivity index (χ1v) is 8.13. The highest BCUT2D eigenvalue weighted by Gasteiger charge is 2.43. The van der Waals surface area contributed by atoms with Crippen LogP contribution in [0.3, 0.4) is 0 Å². The van der Waals surface area contributed by atoms with Crippen LogP contribution in [0.15, 0.2) is 24.3 Å². The van der Waals surface area contributed by atoms with Crippen LogP contribution in [0.2, 0.25) is 0 Å². The molecule has 5 nitrogen and oxygen atoms in total. The van der Waals surface area contributed by atoms with E-state index in [2.05, 4.69) is 5.32 Å². The number of rotatable bonds is 5. The Morgan fingerprint density at radius 1 is 1.18 bits per heavy atom. The van der Waals surface area contributed by atoms with Crippen molar-refractivity contribution in [2.45, 2.75) is 51.1 Å². The van der Waals surface area contributed by atoms with Gasteiger partial charge >= 0.3 is 0 Å². The summed E-state index contributed by atoms with van der Waals surface area (Å²) in [6, 6.07) is 7.40. The van der Waals surface area contributed by atoms with Gasteiger partial charge < -0.3 is 10.1 Å². The highest BCUT2D eigenvalue weighted by atomic mass is 16.5. The van der Waals surface area contributed by atoms with E-state index in [1.54, 1.807) is 24.3 Å². The van der Waals surface area contributed by atoms with Crippen LogP contribution in [0.5, 0.6) is 5.75 Å². The summed E-state index contributed by atoms with van der Waals surface area (Å²) in [6.07, 6.45) is 5.09. The van der Waals surface area contributed by atoms with Crippen molar-refractivity contribution in [2.75, 3.05) is 11.5 Å². The van der Waals surface area contributed by atoms with Gasteiger partial charge in [0, 0.05) is 0 Å². The zero-order valence-corrected chi connectivity index (χ0v) is 13.0. The molecule has 0 bridgehead atoms. The molecule has 1 aromatic rings. The van der Waals surface area contributed by atoms with Gasteiger partial charge in [-0.15, -0.1) is 0 Å². The minimum atomic E-state index is -0.248. The lowest BCUT2D eigenvalue weighted by Crippen LogP contribution is -2.95. The van der Waals surface area contributed by atoms with Gasteiger partial charge in [-0.2, -0.15) is 0 Å². The Kier molecular flexibility index (Phi) is 4.43. The molecule has 2 fully saturated rings. The first-order chi connectivity index (χ1) is 10.7. The first-order valence-electron chi connectivity index (χ1n) is 8.13. The molecule has 2 aliphatic rings. The predicted octanol–water partition coefficient (Wildman–Crippen LogP) is 1.22. The van der Waals surface area contributed by atoms with Crippen molar-refractivity contribution in [3.8, 4) is 5.75 Å². The molecular formula is C17H23N2O3+. The van der Waals surface area contributed by atoms with E-state index in [4.69, 9.17) is 4.74 Å². The number of amides is 2. The molecule has 2 amide bonds. The van der Waals surface area contributed by atoms with Crippen molar-refractivity contribution < 1.29 is 19.6 Å². The normalized spacial score (nSPS) is 22.6. The number of carbonyl (C=O) groups excluding carboxylic acids is 2. The number of hydrogen-bond acceptors (Lipinski definition) is 3. The SMILES string of the molecule is CCOc1ccc(N2C(=O)C[C@H]([NH2+]C3CCCC3)C2=O)cc1. The van der Waals surface area contributed by atoms with E-state index in [9.17, 15) is 9.59 Å². The number of nitrogens with two attached hydrogens (primary N) is 1. The Bertz CT molecular complexity index is 550. The third kappa shape index (κ3) is 2.99. The van der Waals surface area contributed by atoms with Crippen LogP contribution in [0.1, 0.15) is 39.0 Å². The van der Waals surface area contributed by atoms with Crippen LogP contribution < -0.4 is 15.0 Å². The maximum absolute atomic E-state index is 12.6. The molecule has 1 aromatic carbocycles. The lowest BCUT2D eigenvalue weighted by Gasteiger charge is -2.16. The number of benzene rings is 1. The number of carbonyl (C=O) groups is 2. The Hall–Kier alpha value is -1.88. The van der Waals surface area contributed by atoms with Gasteiger partial charge in [0.2, 0.25) is 5.91 Å². The van der Waals surface area contributed by atoms with Gasteiger partial charge in [0.25, 0.3) is 5.91 Å². The van der Waals surface area contributed by atoms with Crippen LogP contribution in [-0.2, 0) is 9.59 Å². The Balaban J connectivity index is 1.70. The van der Waals surface area contributed by atoms with Crippen molar-refractivity contribution in [3.63, 3.8) is 0 Å². The van der Waals surface area contributed by atoms with Gasteiger partial charge in [0.15, 0.2) is 6.04 Å². The van der Waals surface area contributed by atoms with E-state index in [0.717, 1.165) is 18.6 Å². The highest BCUT2D eigenvalue weighted by molar-refractivity contribution is 6.21. The van der Waals surface area contributed by atoms with E-state index in [1.807, 2.05) is 6.92 Å². The van der Waals surface area contributed by atoms with Gasteiger partial charge in [-0.05, 0) is 56.9 Å². The quantitative estimate of drug-likeness (QED) is 0.832. The Labute approximate surface area is 130 Å². The van der Waals surface area contributed by atoms with Crippen molar-refractivity contribution in [1.82, 2.24) is 0 Å². The van der Waals surface area contributed by atoms with Crippen LogP contribution in [0, 0.1) is 0 Å². The topological polar surface area (TPSA) is 63.2 Å². The minimum Gasteiger partial charge on any atom is -0.494 e. The molecule has 0 unspecified atom stereocenters. The van der Waals surface area contributed by atoms with Crippen molar-refractivity contribution >= 4 is 17.5 Å². The summed E-state index contributed by atoms with van der Waals surface area (Å²) < 4.78 is 5.39. The van der Waals surface area contributed by atoms with E-state index in [-0.39, 0.29) is 17.9 Å². The Morgan fingerprint density at radius 2 is 1.86 bits per heavy atom. The summed E-state index contributed by atoms with van der Waals surface area (Å²) in [5.74, 6) is 0.564. The molecule has 5 heteroatoms. The zero-order valence-electron chi connectivity index (χ0n) is 13.0. The second-order valence-electron chi connectivity index (χ2n) is 6.04. The fourth-order valence-electron chi connectivity index (χ4n) is 3.41. The van der Waals surface area contributed by atoms with Crippen molar-refractivity contribution in [2.24, 2.45) is 0 Å². The number of ether oxygens (including phenoxy) is 1. The summed E-state index contributed by atoms with van der Waals surface area (Å²) >= 11 is 0. The third-order valence-corrected chi connectivity index (χ3v) is 4.49. The average Bonchev–Trinajstić information content (AvgIpc) is 3.10. The summed E-state index contributed by atoms with van der Waals surface area (Å²) in [4.78, 5) is 26.1. The lowest BCUT2D eigenvalue weighted by atomic mass is 10.2. The van der Waals surface area contributed by atoms with Gasteiger partial charge in [-0.3, -0.25) is 9.59 Å². The molecule has 0 aromatic heterocycles. The minimum absolute atomic E-state index is 0.0824. The van der Waals surface area contributed by atoms with Crippen molar-refractivity contribution in [1.29, 1.82) is 0 Å². The molecule has 3 rings (SSSR count). The predicted molar refractivity (Wildman–Crippen MR) is 82.7 cm³/mol. The fourth-order valence-corrected chi connectivity index (χ4v) is 3.41. The molecular weight excluding hydrogens is 280 g/mol. The third-order valence-electron chi connectivity index (χ3n) is 4.49. The molecule has 2 N–H and O–H groups in total. The summed E-state index contributed by atoms with van der Waals surface area (Å²) in [7, 11) is 0. The largest absolute Gasteiger partial charge is 0.494 e. The maximum atomic E-state index is 12.6. The number of hydrogen-bond donors (Lipinski definition) is 1. The summed E-state index contributed by atoms with van der Waals surface area (Å²) in [5.41, 5.74) is 0.640. The van der Waals surface area contributed by atoms with Gasteiger partial charge in [-0.25, -0.2) is 4.90 Å². The maximum Gasteiger partial charge on any atom is 0.292 e. The van der Waals surface area contributed by atoms with Crippen molar-refractivity contribution in [3.05, 3.63) is 24.3 Å². The summed E-state index contributed by atoms with van der Waals surface area (Å²) in [5, 5.41) is 2.11. The van der Waals surface area contributed by atoms with Crippen LogP contribution in [-0.4, -0.2) is 30.5 Å². The molecule has 118 valence electrons.